The second-order valence-corrected chi connectivity index (χ2v) is 7.13. The van der Waals surface area contributed by atoms with Gasteiger partial charge in [-0.3, -0.25) is 9.52 Å². The van der Waals surface area contributed by atoms with E-state index >= 15 is 0 Å². The van der Waals surface area contributed by atoms with E-state index in [1.807, 2.05) is 6.07 Å². The Kier molecular flexibility index (Phi) is 6.10. The number of fused-ring (bicyclic) bond motifs is 1. The molecule has 0 radical (unpaired) electrons. The standard InChI is InChI=1S/C18H16F2N4O2S2/c1-24(13-2-3-16-14(8-13)21-9-28-16)17(25)15(22-18(26)23-27)6-10-4-11(19)7-12(20)5-10/h2-5,7-9,15,27H,6H2,1H3,(H2,22,23,26)/t15-/m0/s1. The van der Waals surface area contributed by atoms with E-state index < -0.39 is 29.6 Å². The van der Waals surface area contributed by atoms with Crippen LogP contribution in [-0.2, 0) is 11.2 Å². The molecule has 1 atom stereocenters. The molecule has 2 N–H and O–H groups in total. The van der Waals surface area contributed by atoms with Crippen LogP contribution >= 0.6 is 24.2 Å². The Morgan fingerprint density at radius 2 is 1.93 bits per heavy atom. The summed E-state index contributed by atoms with van der Waals surface area (Å²) in [5.41, 5.74) is 3.26. The summed E-state index contributed by atoms with van der Waals surface area (Å²) in [5, 5.41) is 2.46. The number of urea groups is 1. The van der Waals surface area contributed by atoms with Gasteiger partial charge in [-0.15, -0.1) is 11.3 Å². The minimum Gasteiger partial charge on any atom is -0.325 e. The van der Waals surface area contributed by atoms with Crippen LogP contribution in [0, 0.1) is 11.6 Å². The molecular formula is C18H16F2N4O2S2. The number of aromatic nitrogens is 1. The molecule has 3 aromatic rings. The second kappa shape index (κ2) is 8.53. The number of thiol groups is 1. The summed E-state index contributed by atoms with van der Waals surface area (Å²) < 4.78 is 30.0. The first-order valence-corrected chi connectivity index (χ1v) is 9.46. The van der Waals surface area contributed by atoms with Crippen LogP contribution in [0.4, 0.5) is 19.3 Å². The fourth-order valence-corrected chi connectivity index (χ4v) is 3.49. The molecular weight excluding hydrogens is 406 g/mol. The summed E-state index contributed by atoms with van der Waals surface area (Å²) in [5.74, 6) is -1.99. The summed E-state index contributed by atoms with van der Waals surface area (Å²) in [4.78, 5) is 30.3. The second-order valence-electron chi connectivity index (χ2n) is 6.02. The summed E-state index contributed by atoms with van der Waals surface area (Å²) in [6.45, 7) is 0. The van der Waals surface area contributed by atoms with E-state index in [-0.39, 0.29) is 12.0 Å². The molecule has 0 saturated carbocycles. The fourth-order valence-electron chi connectivity index (χ4n) is 2.77. The lowest BCUT2D eigenvalue weighted by Crippen LogP contribution is -2.50. The number of hydrogen-bond donors (Lipinski definition) is 3. The van der Waals surface area contributed by atoms with Crippen molar-refractivity contribution in [2.75, 3.05) is 11.9 Å². The lowest BCUT2D eigenvalue weighted by atomic mass is 10.0. The number of halogens is 2. The van der Waals surface area contributed by atoms with E-state index in [4.69, 9.17) is 0 Å². The maximum absolute atomic E-state index is 13.5. The molecule has 0 spiro atoms. The number of carbonyl (C=O) groups is 2. The van der Waals surface area contributed by atoms with E-state index in [0.717, 1.165) is 28.4 Å². The van der Waals surface area contributed by atoms with Crippen molar-refractivity contribution in [3.63, 3.8) is 0 Å². The van der Waals surface area contributed by atoms with E-state index in [1.54, 1.807) is 24.7 Å². The van der Waals surface area contributed by atoms with E-state index in [9.17, 15) is 18.4 Å². The molecule has 6 nitrogen and oxygen atoms in total. The lowest BCUT2D eigenvalue weighted by Gasteiger charge is -2.24. The molecule has 1 aromatic heterocycles. The van der Waals surface area contributed by atoms with Crippen molar-refractivity contribution in [1.29, 1.82) is 0 Å². The van der Waals surface area contributed by atoms with Crippen LogP contribution in [0.15, 0.2) is 41.9 Å². The molecule has 3 amide bonds. The van der Waals surface area contributed by atoms with Gasteiger partial charge in [-0.25, -0.2) is 18.6 Å². The molecule has 3 rings (SSSR count). The highest BCUT2D eigenvalue weighted by Crippen LogP contribution is 2.24. The lowest BCUT2D eigenvalue weighted by molar-refractivity contribution is -0.120. The van der Waals surface area contributed by atoms with E-state index in [1.165, 1.54) is 16.2 Å². The Bertz CT molecular complexity index is 1010. The van der Waals surface area contributed by atoms with Gasteiger partial charge < -0.3 is 10.2 Å². The number of amides is 3. The van der Waals surface area contributed by atoms with E-state index in [2.05, 4.69) is 27.8 Å². The van der Waals surface area contributed by atoms with Gasteiger partial charge >= 0.3 is 6.03 Å². The number of carbonyl (C=O) groups excluding carboxylic acids is 2. The third-order valence-electron chi connectivity index (χ3n) is 4.10. The fraction of sp³-hybridized carbons (Fsp3) is 0.167. The molecule has 28 heavy (non-hydrogen) atoms. The first kappa shape index (κ1) is 20.0. The minimum atomic E-state index is -1.07. The van der Waals surface area contributed by atoms with Crippen LogP contribution in [0.2, 0.25) is 0 Å². The highest BCUT2D eigenvalue weighted by molar-refractivity contribution is 7.78. The average molecular weight is 422 g/mol. The van der Waals surface area contributed by atoms with Crippen molar-refractivity contribution in [2.24, 2.45) is 0 Å². The molecule has 2 aromatic carbocycles. The molecule has 0 unspecified atom stereocenters. The number of nitrogens with one attached hydrogen (secondary N) is 2. The van der Waals surface area contributed by atoms with Crippen LogP contribution in [0.5, 0.6) is 0 Å². The largest absolute Gasteiger partial charge is 0.325 e. The van der Waals surface area contributed by atoms with Gasteiger partial charge in [0.25, 0.3) is 0 Å². The number of thiazole rings is 1. The van der Waals surface area contributed by atoms with Crippen LogP contribution in [0.1, 0.15) is 5.56 Å². The number of anilines is 1. The zero-order chi connectivity index (χ0) is 20.3. The number of hydrogen-bond acceptors (Lipinski definition) is 5. The highest BCUT2D eigenvalue weighted by Gasteiger charge is 2.26. The predicted octanol–water partition coefficient (Wildman–Crippen LogP) is 3.29. The highest BCUT2D eigenvalue weighted by atomic mass is 32.1. The molecule has 1 heterocycles. The molecule has 0 bridgehead atoms. The Hall–Kier alpha value is -2.72. The summed E-state index contributed by atoms with van der Waals surface area (Å²) in [6.07, 6.45) is -0.0992. The quantitative estimate of drug-likeness (QED) is 0.553. The van der Waals surface area contributed by atoms with Crippen LogP contribution in [-0.4, -0.2) is 30.0 Å². The van der Waals surface area contributed by atoms with Gasteiger partial charge in [0.2, 0.25) is 5.91 Å². The van der Waals surface area contributed by atoms with Crippen LogP contribution in [0.3, 0.4) is 0 Å². The van der Waals surface area contributed by atoms with Gasteiger partial charge in [-0.1, -0.05) is 12.8 Å². The van der Waals surface area contributed by atoms with Crippen molar-refractivity contribution in [3.8, 4) is 0 Å². The summed E-state index contributed by atoms with van der Waals surface area (Å²) in [6, 6.07) is 6.56. The molecule has 0 saturated heterocycles. The maximum atomic E-state index is 13.5. The van der Waals surface area contributed by atoms with Gasteiger partial charge in [0.15, 0.2) is 0 Å². The number of nitrogens with zero attached hydrogens (tertiary/aromatic N) is 2. The van der Waals surface area contributed by atoms with Crippen molar-refractivity contribution < 1.29 is 18.4 Å². The van der Waals surface area contributed by atoms with Crippen molar-refractivity contribution >= 4 is 52.0 Å². The zero-order valence-electron chi connectivity index (χ0n) is 14.6. The van der Waals surface area contributed by atoms with Gasteiger partial charge in [0.1, 0.15) is 17.7 Å². The predicted molar refractivity (Wildman–Crippen MR) is 108 cm³/mol. The van der Waals surface area contributed by atoms with Gasteiger partial charge in [-0.05, 0) is 35.9 Å². The SMILES string of the molecule is CN(C(=O)[C@H](Cc1cc(F)cc(F)c1)NC(=O)NS)c1ccc2scnc2c1. The normalized spacial score (nSPS) is 11.9. The molecule has 0 fully saturated rings. The number of benzene rings is 2. The van der Waals surface area contributed by atoms with E-state index in [0.29, 0.717) is 5.69 Å². The molecule has 146 valence electrons. The Labute approximate surface area is 169 Å². The minimum absolute atomic E-state index is 0.0992. The molecule has 0 aliphatic carbocycles. The average Bonchev–Trinajstić information content (AvgIpc) is 3.13. The third-order valence-corrected chi connectivity index (χ3v) is 5.11. The van der Waals surface area contributed by atoms with Crippen LogP contribution < -0.4 is 14.9 Å². The van der Waals surface area contributed by atoms with Crippen LogP contribution in [0.25, 0.3) is 10.2 Å². The van der Waals surface area contributed by atoms with Crippen molar-refractivity contribution in [2.45, 2.75) is 12.5 Å². The first-order valence-electron chi connectivity index (χ1n) is 8.14. The summed E-state index contributed by atoms with van der Waals surface area (Å²) >= 11 is 5.14. The molecule has 0 aliphatic heterocycles. The molecule has 10 heteroatoms. The van der Waals surface area contributed by atoms with Gasteiger partial charge in [0.05, 0.1) is 15.7 Å². The molecule has 0 aliphatic rings. The van der Waals surface area contributed by atoms with Crippen molar-refractivity contribution in [1.82, 2.24) is 15.0 Å². The number of likely N-dealkylation sites (N-methyl/N-ethyl adjacent to an activating group) is 1. The van der Waals surface area contributed by atoms with Gasteiger partial charge in [0, 0.05) is 25.2 Å². The smallest absolute Gasteiger partial charge is 0.325 e. The monoisotopic (exact) mass is 422 g/mol. The van der Waals surface area contributed by atoms with Gasteiger partial charge in [-0.2, -0.15) is 0 Å². The Balaban J connectivity index is 1.86. The van der Waals surface area contributed by atoms with Crippen molar-refractivity contribution in [3.05, 3.63) is 59.1 Å². The Morgan fingerprint density at radius 1 is 1.21 bits per heavy atom. The topological polar surface area (TPSA) is 74.3 Å². The summed E-state index contributed by atoms with van der Waals surface area (Å²) in [7, 11) is 1.55. The zero-order valence-corrected chi connectivity index (χ0v) is 16.4. The first-order chi connectivity index (χ1) is 13.4. The third kappa shape index (κ3) is 4.57. The maximum Gasteiger partial charge on any atom is 0.325 e. The Morgan fingerprint density at radius 3 is 2.61 bits per heavy atom. The number of rotatable bonds is 5.